The molecule has 5 nitrogen and oxygen atoms in total. The molecule has 23 heavy (non-hydrogen) atoms. The maximum absolute atomic E-state index is 12.3. The van der Waals surface area contributed by atoms with Crippen LogP contribution in [-0.4, -0.2) is 52.7 Å². The van der Waals surface area contributed by atoms with Crippen molar-refractivity contribution in [2.24, 2.45) is 0 Å². The minimum absolute atomic E-state index is 0.142. The van der Waals surface area contributed by atoms with Gasteiger partial charge in [-0.25, -0.2) is 9.97 Å². The highest BCUT2D eigenvalue weighted by Crippen LogP contribution is 2.26. The molecule has 0 aliphatic carbocycles. The Bertz CT molecular complexity index is 662. The molecule has 1 aliphatic rings. The van der Waals surface area contributed by atoms with E-state index in [-0.39, 0.29) is 5.91 Å². The van der Waals surface area contributed by atoms with E-state index < -0.39 is 0 Å². The van der Waals surface area contributed by atoms with Crippen LogP contribution in [0.2, 0.25) is 5.02 Å². The molecule has 3 rings (SSSR count). The Morgan fingerprint density at radius 3 is 2.48 bits per heavy atom. The van der Waals surface area contributed by atoms with Gasteiger partial charge >= 0.3 is 0 Å². The van der Waals surface area contributed by atoms with E-state index in [2.05, 4.69) is 14.9 Å². The van der Waals surface area contributed by atoms with E-state index >= 15 is 0 Å². The van der Waals surface area contributed by atoms with Crippen LogP contribution in [0.4, 0.5) is 5.95 Å². The second-order valence-corrected chi connectivity index (χ2v) is 6.56. The van der Waals surface area contributed by atoms with E-state index in [1.165, 1.54) is 11.8 Å². The van der Waals surface area contributed by atoms with E-state index in [9.17, 15) is 4.79 Å². The average Bonchev–Trinajstić information content (AvgIpc) is 2.62. The predicted molar refractivity (Wildman–Crippen MR) is 93.0 cm³/mol. The molecule has 0 saturated carbocycles. The highest BCUT2D eigenvalue weighted by Gasteiger charge is 2.22. The normalized spacial score (nSPS) is 14.8. The summed E-state index contributed by atoms with van der Waals surface area (Å²) in [6.07, 6.45) is 3.47. The Kier molecular flexibility index (Phi) is 5.35. The van der Waals surface area contributed by atoms with Crippen LogP contribution < -0.4 is 4.90 Å². The number of piperazine rings is 1. The van der Waals surface area contributed by atoms with Crippen LogP contribution in [0.1, 0.15) is 0 Å². The average molecular weight is 349 g/mol. The van der Waals surface area contributed by atoms with E-state index in [1.54, 1.807) is 18.5 Å². The minimum atomic E-state index is 0.142. The zero-order chi connectivity index (χ0) is 16.1. The predicted octanol–water partition coefficient (Wildman–Crippen LogP) is 2.57. The molecule has 120 valence electrons. The molecule has 0 atom stereocenters. The number of rotatable bonds is 4. The van der Waals surface area contributed by atoms with Gasteiger partial charge < -0.3 is 9.80 Å². The second kappa shape index (κ2) is 7.66. The summed E-state index contributed by atoms with van der Waals surface area (Å²) in [5.41, 5.74) is 0. The van der Waals surface area contributed by atoms with Gasteiger partial charge in [0.1, 0.15) is 0 Å². The number of benzene rings is 1. The maximum Gasteiger partial charge on any atom is 0.233 e. The fourth-order valence-electron chi connectivity index (χ4n) is 2.40. The molecule has 0 N–H and O–H groups in total. The first-order valence-electron chi connectivity index (χ1n) is 7.41. The standard InChI is InChI=1S/C16H17ClN4OS/c17-13-4-1-2-5-14(13)23-12-15(22)20-8-10-21(11-9-20)16-18-6-3-7-19-16/h1-7H,8-12H2. The molecular weight excluding hydrogens is 332 g/mol. The molecule has 2 aromatic rings. The number of anilines is 1. The van der Waals surface area contributed by atoms with Crippen LogP contribution in [0, 0.1) is 0 Å². The van der Waals surface area contributed by atoms with Crippen molar-refractivity contribution in [1.82, 2.24) is 14.9 Å². The lowest BCUT2D eigenvalue weighted by Gasteiger charge is -2.34. The quantitative estimate of drug-likeness (QED) is 0.795. The number of nitrogens with zero attached hydrogens (tertiary/aromatic N) is 4. The Balaban J connectivity index is 1.50. The molecule has 1 aromatic carbocycles. The number of hydrogen-bond acceptors (Lipinski definition) is 5. The summed E-state index contributed by atoms with van der Waals surface area (Å²) >= 11 is 7.60. The molecule has 1 aliphatic heterocycles. The summed E-state index contributed by atoms with van der Waals surface area (Å²) in [4.78, 5) is 25.8. The topological polar surface area (TPSA) is 49.3 Å². The summed E-state index contributed by atoms with van der Waals surface area (Å²) in [6.45, 7) is 2.90. The number of carbonyl (C=O) groups excluding carboxylic acids is 1. The largest absolute Gasteiger partial charge is 0.338 e. The monoisotopic (exact) mass is 348 g/mol. The zero-order valence-electron chi connectivity index (χ0n) is 12.6. The van der Waals surface area contributed by atoms with Gasteiger partial charge in [0.05, 0.1) is 10.8 Å². The van der Waals surface area contributed by atoms with E-state index in [4.69, 9.17) is 11.6 Å². The lowest BCUT2D eigenvalue weighted by Crippen LogP contribution is -2.49. The van der Waals surface area contributed by atoms with Crippen molar-refractivity contribution in [2.75, 3.05) is 36.8 Å². The van der Waals surface area contributed by atoms with Gasteiger partial charge in [0, 0.05) is 43.5 Å². The van der Waals surface area contributed by atoms with Gasteiger partial charge in [0.25, 0.3) is 0 Å². The van der Waals surface area contributed by atoms with Gasteiger partial charge in [0.2, 0.25) is 11.9 Å². The highest BCUT2D eigenvalue weighted by molar-refractivity contribution is 8.00. The van der Waals surface area contributed by atoms with Crippen LogP contribution in [0.15, 0.2) is 47.6 Å². The second-order valence-electron chi connectivity index (χ2n) is 5.14. The number of halogens is 1. The summed E-state index contributed by atoms with van der Waals surface area (Å²) in [6, 6.07) is 9.39. The van der Waals surface area contributed by atoms with Gasteiger partial charge in [-0.1, -0.05) is 23.7 Å². The Hall–Kier alpha value is -1.79. The molecule has 2 heterocycles. The van der Waals surface area contributed by atoms with Crippen molar-refractivity contribution in [3.05, 3.63) is 47.7 Å². The third kappa shape index (κ3) is 4.14. The Morgan fingerprint density at radius 2 is 1.78 bits per heavy atom. The number of amides is 1. The molecule has 0 spiro atoms. The maximum atomic E-state index is 12.3. The smallest absolute Gasteiger partial charge is 0.233 e. The van der Waals surface area contributed by atoms with Gasteiger partial charge in [-0.15, -0.1) is 11.8 Å². The fourth-order valence-corrected chi connectivity index (χ4v) is 3.54. The van der Waals surface area contributed by atoms with Crippen molar-refractivity contribution >= 4 is 35.2 Å². The lowest BCUT2D eigenvalue weighted by atomic mass is 10.3. The molecule has 1 aromatic heterocycles. The van der Waals surface area contributed by atoms with Crippen molar-refractivity contribution < 1.29 is 4.79 Å². The third-order valence-electron chi connectivity index (χ3n) is 3.66. The number of carbonyl (C=O) groups is 1. The molecule has 0 bridgehead atoms. The first-order valence-corrected chi connectivity index (χ1v) is 8.77. The van der Waals surface area contributed by atoms with Gasteiger partial charge in [-0.3, -0.25) is 4.79 Å². The highest BCUT2D eigenvalue weighted by atomic mass is 35.5. The van der Waals surface area contributed by atoms with Crippen LogP contribution in [0.3, 0.4) is 0 Å². The van der Waals surface area contributed by atoms with Crippen LogP contribution in [-0.2, 0) is 4.79 Å². The molecule has 1 fully saturated rings. The van der Waals surface area contributed by atoms with Crippen molar-refractivity contribution in [3.8, 4) is 0 Å². The molecule has 1 amide bonds. The Morgan fingerprint density at radius 1 is 1.09 bits per heavy atom. The van der Waals surface area contributed by atoms with Gasteiger partial charge in [0.15, 0.2) is 0 Å². The SMILES string of the molecule is O=C(CSc1ccccc1Cl)N1CCN(c2ncccn2)CC1. The van der Waals surface area contributed by atoms with Gasteiger partial charge in [-0.2, -0.15) is 0 Å². The number of thioether (sulfide) groups is 1. The summed E-state index contributed by atoms with van der Waals surface area (Å²) < 4.78 is 0. The number of aromatic nitrogens is 2. The van der Waals surface area contributed by atoms with E-state index in [0.29, 0.717) is 23.9 Å². The van der Waals surface area contributed by atoms with Crippen molar-refractivity contribution in [1.29, 1.82) is 0 Å². The fraction of sp³-hybridized carbons (Fsp3) is 0.312. The Labute approximate surface area is 144 Å². The zero-order valence-corrected chi connectivity index (χ0v) is 14.1. The molecule has 0 radical (unpaired) electrons. The van der Waals surface area contributed by atoms with Crippen LogP contribution in [0.25, 0.3) is 0 Å². The van der Waals surface area contributed by atoms with Crippen LogP contribution in [0.5, 0.6) is 0 Å². The molecular formula is C16H17ClN4OS. The first kappa shape index (κ1) is 16.1. The number of hydrogen-bond donors (Lipinski definition) is 0. The van der Waals surface area contributed by atoms with Crippen molar-refractivity contribution in [3.63, 3.8) is 0 Å². The van der Waals surface area contributed by atoms with Crippen molar-refractivity contribution in [2.45, 2.75) is 4.90 Å². The first-order chi connectivity index (χ1) is 11.2. The molecule has 7 heteroatoms. The summed E-state index contributed by atoms with van der Waals surface area (Å²) in [5.74, 6) is 1.28. The lowest BCUT2D eigenvalue weighted by molar-refractivity contribution is -0.128. The summed E-state index contributed by atoms with van der Waals surface area (Å²) in [5, 5.41) is 0.691. The molecule has 0 unspecified atom stereocenters. The third-order valence-corrected chi connectivity index (χ3v) is 5.16. The molecule has 1 saturated heterocycles. The van der Waals surface area contributed by atoms with E-state index in [0.717, 1.165) is 23.9 Å². The minimum Gasteiger partial charge on any atom is -0.338 e. The van der Waals surface area contributed by atoms with Gasteiger partial charge in [-0.05, 0) is 18.2 Å². The van der Waals surface area contributed by atoms with E-state index in [1.807, 2.05) is 29.2 Å². The van der Waals surface area contributed by atoms with Crippen LogP contribution >= 0.6 is 23.4 Å². The summed E-state index contributed by atoms with van der Waals surface area (Å²) in [7, 11) is 0.